The van der Waals surface area contributed by atoms with Crippen molar-refractivity contribution < 1.29 is 23.5 Å². The van der Waals surface area contributed by atoms with Crippen LogP contribution in [0.15, 0.2) is 62.6 Å². The average Bonchev–Trinajstić information content (AvgIpc) is 2.71. The number of benzene rings is 2. The standard InChI is InChI=1S/C22H18N2O6S/c1-12(25)23-14-6-7-15-13(8-21(27)30-17(15)9-14)11-29-20(26)10-19-22(28)24-16-4-2-3-5-18(16)31-19/h2-9,19H,10-11H2,1H3,(H,23,25)(H,24,28)/t19-/m1/s1. The molecule has 158 valence electrons. The molecular weight excluding hydrogens is 420 g/mol. The lowest BCUT2D eigenvalue weighted by molar-refractivity contribution is -0.145. The Kier molecular flexibility index (Phi) is 5.77. The molecule has 2 N–H and O–H groups in total. The molecule has 1 aromatic heterocycles. The summed E-state index contributed by atoms with van der Waals surface area (Å²) in [6, 6.07) is 13.5. The maximum atomic E-state index is 12.4. The number of nitrogens with one attached hydrogen (secondary N) is 2. The van der Waals surface area contributed by atoms with E-state index in [2.05, 4.69) is 10.6 Å². The molecule has 1 atom stereocenters. The van der Waals surface area contributed by atoms with Gasteiger partial charge in [-0.1, -0.05) is 12.1 Å². The Hall–Kier alpha value is -3.59. The molecule has 4 rings (SSSR count). The van der Waals surface area contributed by atoms with E-state index >= 15 is 0 Å². The van der Waals surface area contributed by atoms with Crippen LogP contribution in [-0.4, -0.2) is 23.0 Å². The highest BCUT2D eigenvalue weighted by molar-refractivity contribution is 8.01. The van der Waals surface area contributed by atoms with Crippen molar-refractivity contribution in [3.05, 3.63) is 64.5 Å². The van der Waals surface area contributed by atoms with Crippen molar-refractivity contribution in [1.82, 2.24) is 0 Å². The topological polar surface area (TPSA) is 115 Å². The van der Waals surface area contributed by atoms with Crippen LogP contribution in [0, 0.1) is 0 Å². The average molecular weight is 438 g/mol. The summed E-state index contributed by atoms with van der Waals surface area (Å²) in [5, 5.41) is 5.39. The van der Waals surface area contributed by atoms with Gasteiger partial charge in [-0.15, -0.1) is 11.8 Å². The first-order chi connectivity index (χ1) is 14.9. The summed E-state index contributed by atoms with van der Waals surface area (Å²) >= 11 is 1.31. The zero-order valence-electron chi connectivity index (χ0n) is 16.5. The van der Waals surface area contributed by atoms with Gasteiger partial charge in [-0.25, -0.2) is 4.79 Å². The van der Waals surface area contributed by atoms with Crippen LogP contribution in [0.4, 0.5) is 11.4 Å². The minimum absolute atomic E-state index is 0.100. The first kappa shape index (κ1) is 20.7. The van der Waals surface area contributed by atoms with Crippen LogP contribution < -0.4 is 16.3 Å². The van der Waals surface area contributed by atoms with Crippen molar-refractivity contribution in [2.45, 2.75) is 30.1 Å². The van der Waals surface area contributed by atoms with E-state index < -0.39 is 16.8 Å². The number of anilines is 2. The number of hydrogen-bond donors (Lipinski definition) is 2. The number of para-hydroxylation sites is 1. The number of thioether (sulfide) groups is 1. The van der Waals surface area contributed by atoms with Crippen molar-refractivity contribution in [3.8, 4) is 0 Å². The Morgan fingerprint density at radius 2 is 1.97 bits per heavy atom. The smallest absolute Gasteiger partial charge is 0.336 e. The minimum atomic E-state index is -0.600. The summed E-state index contributed by atoms with van der Waals surface area (Å²) < 4.78 is 10.5. The summed E-state index contributed by atoms with van der Waals surface area (Å²) in [5.41, 5.74) is 1.35. The SMILES string of the molecule is CC(=O)Nc1ccc2c(COC(=O)C[C@H]3Sc4ccccc4NC3=O)cc(=O)oc2c1. The Balaban J connectivity index is 1.45. The number of ether oxygens (including phenoxy) is 1. The number of amides is 2. The van der Waals surface area contributed by atoms with Gasteiger partial charge in [0, 0.05) is 40.6 Å². The van der Waals surface area contributed by atoms with Crippen molar-refractivity contribution in [1.29, 1.82) is 0 Å². The number of carbonyl (C=O) groups excluding carboxylic acids is 3. The van der Waals surface area contributed by atoms with Crippen molar-refractivity contribution >= 4 is 51.9 Å². The van der Waals surface area contributed by atoms with E-state index in [-0.39, 0.29) is 30.4 Å². The third kappa shape index (κ3) is 4.77. The molecule has 3 aromatic rings. The van der Waals surface area contributed by atoms with Gasteiger partial charge in [0.05, 0.1) is 17.4 Å². The van der Waals surface area contributed by atoms with Crippen LogP contribution in [0.3, 0.4) is 0 Å². The molecule has 0 aliphatic carbocycles. The van der Waals surface area contributed by atoms with Crippen LogP contribution in [0.25, 0.3) is 11.0 Å². The van der Waals surface area contributed by atoms with Gasteiger partial charge in [0.15, 0.2) is 0 Å². The molecule has 0 spiro atoms. The molecule has 0 bridgehead atoms. The number of hydrogen-bond acceptors (Lipinski definition) is 7. The Morgan fingerprint density at radius 1 is 1.16 bits per heavy atom. The predicted octanol–water partition coefficient (Wildman–Crippen LogP) is 3.30. The van der Waals surface area contributed by atoms with Crippen LogP contribution in [-0.2, 0) is 25.7 Å². The van der Waals surface area contributed by atoms with Gasteiger partial charge in [-0.2, -0.15) is 0 Å². The van der Waals surface area contributed by atoms with Crippen molar-refractivity contribution in [3.63, 3.8) is 0 Å². The van der Waals surface area contributed by atoms with Crippen molar-refractivity contribution in [2.75, 3.05) is 10.6 Å². The lowest BCUT2D eigenvalue weighted by Crippen LogP contribution is -2.31. The van der Waals surface area contributed by atoms with Crippen LogP contribution in [0.2, 0.25) is 0 Å². The predicted molar refractivity (Wildman–Crippen MR) is 116 cm³/mol. The zero-order chi connectivity index (χ0) is 22.0. The second kappa shape index (κ2) is 8.65. The number of esters is 1. The van der Waals surface area contributed by atoms with Gasteiger partial charge in [-0.3, -0.25) is 14.4 Å². The summed E-state index contributed by atoms with van der Waals surface area (Å²) in [7, 11) is 0. The maximum absolute atomic E-state index is 12.4. The summed E-state index contributed by atoms with van der Waals surface area (Å²) in [5.74, 6) is -1.06. The fourth-order valence-electron chi connectivity index (χ4n) is 3.23. The molecule has 1 aliphatic rings. The lowest BCUT2D eigenvalue weighted by atomic mass is 10.1. The molecule has 8 nitrogen and oxygen atoms in total. The number of rotatable bonds is 5. The van der Waals surface area contributed by atoms with Gasteiger partial charge >= 0.3 is 11.6 Å². The fraction of sp³-hybridized carbons (Fsp3) is 0.182. The molecule has 0 fully saturated rings. The monoisotopic (exact) mass is 438 g/mol. The van der Waals surface area contributed by atoms with E-state index in [0.29, 0.717) is 16.6 Å². The summed E-state index contributed by atoms with van der Waals surface area (Å²) in [6.45, 7) is 1.23. The summed E-state index contributed by atoms with van der Waals surface area (Å²) in [6.07, 6.45) is -0.100. The second-order valence-electron chi connectivity index (χ2n) is 6.94. The van der Waals surface area contributed by atoms with Gasteiger partial charge in [0.2, 0.25) is 11.8 Å². The van der Waals surface area contributed by atoms with E-state index in [1.54, 1.807) is 18.2 Å². The van der Waals surface area contributed by atoms with Crippen LogP contribution >= 0.6 is 11.8 Å². The maximum Gasteiger partial charge on any atom is 0.336 e. The first-order valence-corrected chi connectivity index (χ1v) is 10.3. The molecule has 9 heteroatoms. The third-order valence-electron chi connectivity index (χ3n) is 4.60. The van der Waals surface area contributed by atoms with E-state index in [0.717, 1.165) is 10.6 Å². The number of fused-ring (bicyclic) bond motifs is 2. The van der Waals surface area contributed by atoms with Crippen molar-refractivity contribution in [2.24, 2.45) is 0 Å². The highest BCUT2D eigenvalue weighted by Crippen LogP contribution is 2.36. The van der Waals surface area contributed by atoms with E-state index in [9.17, 15) is 19.2 Å². The molecule has 0 radical (unpaired) electrons. The minimum Gasteiger partial charge on any atom is -0.461 e. The van der Waals surface area contributed by atoms with Gasteiger partial charge in [0.1, 0.15) is 12.2 Å². The Bertz CT molecular complexity index is 1250. The fourth-order valence-corrected chi connectivity index (χ4v) is 4.32. The molecule has 0 unspecified atom stereocenters. The molecular formula is C22H18N2O6S. The third-order valence-corrected chi connectivity index (χ3v) is 5.87. The van der Waals surface area contributed by atoms with E-state index in [1.165, 1.54) is 30.8 Å². The second-order valence-corrected chi connectivity index (χ2v) is 8.18. The first-order valence-electron chi connectivity index (χ1n) is 9.45. The van der Waals surface area contributed by atoms with Gasteiger partial charge in [-0.05, 0) is 24.3 Å². The normalized spacial score (nSPS) is 15.1. The highest BCUT2D eigenvalue weighted by Gasteiger charge is 2.29. The largest absolute Gasteiger partial charge is 0.461 e. The van der Waals surface area contributed by atoms with E-state index in [1.807, 2.05) is 18.2 Å². The quantitative estimate of drug-likeness (QED) is 0.464. The van der Waals surface area contributed by atoms with Gasteiger partial charge in [0.25, 0.3) is 0 Å². The molecule has 31 heavy (non-hydrogen) atoms. The van der Waals surface area contributed by atoms with Crippen LogP contribution in [0.1, 0.15) is 18.9 Å². The molecule has 0 saturated heterocycles. The lowest BCUT2D eigenvalue weighted by Gasteiger charge is -2.23. The Morgan fingerprint density at radius 3 is 2.77 bits per heavy atom. The molecule has 2 aromatic carbocycles. The molecule has 1 aliphatic heterocycles. The molecule has 2 amide bonds. The Labute approximate surface area is 181 Å². The number of carbonyl (C=O) groups is 3. The molecule has 0 saturated carbocycles. The van der Waals surface area contributed by atoms with Crippen LogP contribution in [0.5, 0.6) is 0 Å². The highest BCUT2D eigenvalue weighted by atomic mass is 32.2. The summed E-state index contributed by atoms with van der Waals surface area (Å²) in [4.78, 5) is 48.7. The van der Waals surface area contributed by atoms with Gasteiger partial charge < -0.3 is 19.8 Å². The van der Waals surface area contributed by atoms with E-state index in [4.69, 9.17) is 9.15 Å². The zero-order valence-corrected chi connectivity index (χ0v) is 17.3. The molecule has 2 heterocycles.